The van der Waals surface area contributed by atoms with Crippen molar-refractivity contribution in [3.05, 3.63) is 53.3 Å². The van der Waals surface area contributed by atoms with E-state index in [1.807, 2.05) is 39.0 Å². The Morgan fingerprint density at radius 3 is 1.96 bits per heavy atom. The molecule has 0 aliphatic carbocycles. The lowest BCUT2D eigenvalue weighted by Crippen LogP contribution is -1.99. The standard InChI is InChI=1S/C16H15FO2.C4H10.C2H6/c1-11-3-4-14(10-15(11)17)13-5-6-16(12(2)9-13)19-8-7-18;1-3-4-2;1-2/h3-7,9-10H,8H2,1-2H3;3-4H2,1-2H3;1-2H3. The van der Waals surface area contributed by atoms with E-state index in [4.69, 9.17) is 4.74 Å². The topological polar surface area (TPSA) is 26.3 Å². The predicted molar refractivity (Wildman–Crippen MR) is 105 cm³/mol. The van der Waals surface area contributed by atoms with Crippen LogP contribution in [0.3, 0.4) is 0 Å². The van der Waals surface area contributed by atoms with Crippen LogP contribution in [-0.2, 0) is 4.79 Å². The number of carbonyl (C=O) groups excluding carboxylic acids is 1. The summed E-state index contributed by atoms with van der Waals surface area (Å²) in [6, 6.07) is 10.7. The van der Waals surface area contributed by atoms with Crippen molar-refractivity contribution in [1.82, 2.24) is 0 Å². The molecule has 138 valence electrons. The molecule has 0 radical (unpaired) electrons. The van der Waals surface area contributed by atoms with E-state index in [0.29, 0.717) is 17.6 Å². The van der Waals surface area contributed by atoms with Gasteiger partial charge in [-0.25, -0.2) is 4.39 Å². The highest BCUT2D eigenvalue weighted by molar-refractivity contribution is 5.66. The summed E-state index contributed by atoms with van der Waals surface area (Å²) in [6.07, 6.45) is 3.35. The van der Waals surface area contributed by atoms with Crippen LogP contribution in [0.4, 0.5) is 4.39 Å². The molecule has 0 saturated heterocycles. The molecule has 0 aromatic heterocycles. The van der Waals surface area contributed by atoms with Crippen molar-refractivity contribution in [1.29, 1.82) is 0 Å². The van der Waals surface area contributed by atoms with Gasteiger partial charge in [0, 0.05) is 0 Å². The van der Waals surface area contributed by atoms with E-state index in [1.165, 1.54) is 18.9 Å². The van der Waals surface area contributed by atoms with Crippen molar-refractivity contribution in [2.45, 2.75) is 54.4 Å². The molecular formula is C22H31FO2. The molecule has 0 amide bonds. The minimum atomic E-state index is -0.212. The number of halogens is 1. The van der Waals surface area contributed by atoms with Crippen molar-refractivity contribution < 1.29 is 13.9 Å². The molecule has 2 aromatic rings. The fourth-order valence-corrected chi connectivity index (χ4v) is 1.89. The monoisotopic (exact) mass is 346 g/mol. The Labute approximate surface area is 152 Å². The van der Waals surface area contributed by atoms with Crippen LogP contribution in [0.15, 0.2) is 36.4 Å². The van der Waals surface area contributed by atoms with Gasteiger partial charge in [0.2, 0.25) is 0 Å². The number of ether oxygens (including phenoxy) is 1. The summed E-state index contributed by atoms with van der Waals surface area (Å²) in [5.41, 5.74) is 3.30. The maximum atomic E-state index is 13.5. The van der Waals surface area contributed by atoms with Crippen LogP contribution in [0.2, 0.25) is 0 Å². The van der Waals surface area contributed by atoms with E-state index >= 15 is 0 Å². The fourth-order valence-electron chi connectivity index (χ4n) is 1.89. The number of aldehydes is 1. The highest BCUT2D eigenvalue weighted by Crippen LogP contribution is 2.27. The zero-order chi connectivity index (χ0) is 19.2. The number of rotatable bonds is 5. The van der Waals surface area contributed by atoms with Gasteiger partial charge in [-0.15, -0.1) is 0 Å². The number of benzene rings is 2. The Morgan fingerprint density at radius 2 is 1.48 bits per heavy atom. The van der Waals surface area contributed by atoms with E-state index in [1.54, 1.807) is 19.1 Å². The van der Waals surface area contributed by atoms with E-state index in [-0.39, 0.29) is 12.4 Å². The summed E-state index contributed by atoms with van der Waals surface area (Å²) >= 11 is 0. The number of unbranched alkanes of at least 4 members (excludes halogenated alkanes) is 1. The molecule has 0 spiro atoms. The van der Waals surface area contributed by atoms with Crippen LogP contribution >= 0.6 is 0 Å². The van der Waals surface area contributed by atoms with Crippen LogP contribution < -0.4 is 4.74 Å². The lowest BCUT2D eigenvalue weighted by Gasteiger charge is -2.09. The van der Waals surface area contributed by atoms with Crippen molar-refractivity contribution in [2.75, 3.05) is 6.61 Å². The summed E-state index contributed by atoms with van der Waals surface area (Å²) in [7, 11) is 0. The molecule has 0 heterocycles. The smallest absolute Gasteiger partial charge is 0.157 e. The maximum Gasteiger partial charge on any atom is 0.157 e. The zero-order valence-electron chi connectivity index (χ0n) is 16.4. The average molecular weight is 346 g/mol. The first-order valence-corrected chi connectivity index (χ1v) is 8.97. The Balaban J connectivity index is 0.000000845. The van der Waals surface area contributed by atoms with Gasteiger partial charge in [0.15, 0.2) is 6.29 Å². The molecule has 0 aliphatic rings. The molecule has 2 aromatic carbocycles. The summed E-state index contributed by atoms with van der Waals surface area (Å²) in [6.45, 7) is 12.0. The van der Waals surface area contributed by atoms with Crippen LogP contribution in [0.1, 0.15) is 51.7 Å². The molecule has 0 aliphatic heterocycles. The number of hydrogen-bond acceptors (Lipinski definition) is 2. The lowest BCUT2D eigenvalue weighted by atomic mass is 10.0. The van der Waals surface area contributed by atoms with Crippen LogP contribution in [-0.4, -0.2) is 12.9 Å². The van der Waals surface area contributed by atoms with Gasteiger partial charge >= 0.3 is 0 Å². The van der Waals surface area contributed by atoms with Gasteiger partial charge in [0.1, 0.15) is 18.2 Å². The third kappa shape index (κ3) is 7.97. The van der Waals surface area contributed by atoms with Crippen LogP contribution in [0.5, 0.6) is 5.75 Å². The lowest BCUT2D eigenvalue weighted by molar-refractivity contribution is -0.109. The van der Waals surface area contributed by atoms with Crippen LogP contribution in [0.25, 0.3) is 11.1 Å². The second-order valence-electron chi connectivity index (χ2n) is 5.42. The summed E-state index contributed by atoms with van der Waals surface area (Å²) in [4.78, 5) is 10.3. The van der Waals surface area contributed by atoms with Gasteiger partial charge in [-0.05, 0) is 54.3 Å². The highest BCUT2D eigenvalue weighted by Gasteiger charge is 2.05. The normalized spacial score (nSPS) is 9.24. The molecule has 0 saturated carbocycles. The Kier molecular flexibility index (Phi) is 12.0. The molecule has 0 fully saturated rings. The van der Waals surface area contributed by atoms with Gasteiger partial charge in [-0.2, -0.15) is 0 Å². The molecule has 25 heavy (non-hydrogen) atoms. The largest absolute Gasteiger partial charge is 0.486 e. The summed E-state index contributed by atoms with van der Waals surface area (Å²) in [5, 5.41) is 0. The minimum Gasteiger partial charge on any atom is -0.486 e. The van der Waals surface area contributed by atoms with Gasteiger partial charge in [0.25, 0.3) is 0 Å². The maximum absolute atomic E-state index is 13.5. The Hall–Kier alpha value is -2.16. The van der Waals surface area contributed by atoms with Gasteiger partial charge < -0.3 is 4.74 Å². The molecule has 0 atom stereocenters. The molecule has 0 N–H and O–H groups in total. The van der Waals surface area contributed by atoms with E-state index < -0.39 is 0 Å². The number of carbonyl (C=O) groups is 1. The Bertz CT molecular complexity index is 634. The Morgan fingerprint density at radius 1 is 0.920 bits per heavy atom. The van der Waals surface area contributed by atoms with Crippen molar-refractivity contribution in [3.8, 4) is 16.9 Å². The summed E-state index contributed by atoms with van der Waals surface area (Å²) in [5.74, 6) is 0.458. The van der Waals surface area contributed by atoms with Gasteiger partial charge in [-0.3, -0.25) is 4.79 Å². The molecular weight excluding hydrogens is 315 g/mol. The third-order valence-corrected chi connectivity index (χ3v) is 3.49. The number of aryl methyl sites for hydroxylation is 2. The molecule has 0 unspecified atom stereocenters. The minimum absolute atomic E-state index is 0.0410. The third-order valence-electron chi connectivity index (χ3n) is 3.49. The van der Waals surface area contributed by atoms with E-state index in [2.05, 4.69) is 13.8 Å². The average Bonchev–Trinajstić information content (AvgIpc) is 2.65. The van der Waals surface area contributed by atoms with E-state index in [0.717, 1.165) is 16.7 Å². The molecule has 0 bridgehead atoms. The highest BCUT2D eigenvalue weighted by atomic mass is 19.1. The van der Waals surface area contributed by atoms with Crippen molar-refractivity contribution >= 4 is 6.29 Å². The van der Waals surface area contributed by atoms with E-state index in [9.17, 15) is 9.18 Å². The first kappa shape index (κ1) is 22.8. The van der Waals surface area contributed by atoms with Crippen molar-refractivity contribution in [2.24, 2.45) is 0 Å². The van der Waals surface area contributed by atoms with Gasteiger partial charge in [-0.1, -0.05) is 58.7 Å². The van der Waals surface area contributed by atoms with Crippen molar-refractivity contribution in [3.63, 3.8) is 0 Å². The molecule has 2 rings (SSSR count). The number of hydrogen-bond donors (Lipinski definition) is 0. The van der Waals surface area contributed by atoms with Crippen LogP contribution in [0, 0.1) is 19.7 Å². The second-order valence-corrected chi connectivity index (χ2v) is 5.42. The molecule has 2 nitrogen and oxygen atoms in total. The SMILES string of the molecule is CC.CCCC.Cc1ccc(-c2ccc(OCC=O)c(C)c2)cc1F. The second kappa shape index (κ2) is 13.2. The first-order valence-electron chi connectivity index (χ1n) is 8.97. The summed E-state index contributed by atoms with van der Waals surface area (Å²) < 4.78 is 18.8. The quantitative estimate of drug-likeness (QED) is 0.576. The van der Waals surface area contributed by atoms with Gasteiger partial charge in [0.05, 0.1) is 0 Å². The zero-order valence-corrected chi connectivity index (χ0v) is 16.4. The molecule has 3 heteroatoms. The first-order chi connectivity index (χ1) is 12.0. The predicted octanol–water partition coefficient (Wildman–Crippen LogP) is 6.52. The fraction of sp³-hybridized carbons (Fsp3) is 0.409.